The first-order valence-electron chi connectivity index (χ1n) is 4.63. The van der Waals surface area contributed by atoms with E-state index in [4.69, 9.17) is 11.5 Å². The van der Waals surface area contributed by atoms with Gasteiger partial charge in [-0.05, 0) is 19.6 Å². The Morgan fingerprint density at radius 3 is 1.79 bits per heavy atom. The fraction of sp³-hybridized carbons (Fsp3) is 0.889. The van der Waals surface area contributed by atoms with Crippen LogP contribution in [0.1, 0.15) is 20.3 Å². The summed E-state index contributed by atoms with van der Waals surface area (Å²) < 4.78 is 0. The average molecular weight is 293 g/mol. The first kappa shape index (κ1) is 19.7. The molecular formula is C9H20N3OPd-3. The van der Waals surface area contributed by atoms with Gasteiger partial charge >= 0.3 is 0 Å². The Balaban J connectivity index is -0.000000209. The number of carbonyl (C=O) groups excluding carboxylic acids is 1. The molecule has 5 heteroatoms. The summed E-state index contributed by atoms with van der Waals surface area (Å²) in [7, 11) is 0. The Kier molecular flexibility index (Phi) is 26.6. The molecular weight excluding hydrogens is 273 g/mol. The summed E-state index contributed by atoms with van der Waals surface area (Å²) in [6, 6.07) is 0. The van der Waals surface area contributed by atoms with E-state index in [-0.39, 0.29) is 33.5 Å². The van der Waals surface area contributed by atoms with Crippen LogP contribution in [0.4, 0.5) is 0 Å². The van der Waals surface area contributed by atoms with E-state index in [1.54, 1.807) is 0 Å². The molecule has 0 unspecified atom stereocenters. The number of nitrogens with one attached hydrogen (secondary N) is 2. The molecule has 0 bridgehead atoms. The maximum atomic E-state index is 9.79. The van der Waals surface area contributed by atoms with Crippen LogP contribution in [0.3, 0.4) is 0 Å². The third kappa shape index (κ3) is 18.1. The van der Waals surface area contributed by atoms with Gasteiger partial charge in [0.1, 0.15) is 0 Å². The van der Waals surface area contributed by atoms with Crippen LogP contribution in [0.5, 0.6) is 0 Å². The van der Waals surface area contributed by atoms with E-state index in [0.717, 1.165) is 19.6 Å². The molecule has 0 saturated heterocycles. The van der Waals surface area contributed by atoms with Crippen LogP contribution in [-0.4, -0.2) is 43.9 Å². The van der Waals surface area contributed by atoms with E-state index in [1.807, 2.05) is 6.29 Å². The summed E-state index contributed by atoms with van der Waals surface area (Å²) in [5.41, 5.74) is 12.5. The van der Waals surface area contributed by atoms with Crippen molar-refractivity contribution < 1.29 is 25.2 Å². The van der Waals surface area contributed by atoms with Crippen LogP contribution in [-0.2, 0) is 25.2 Å². The third-order valence-corrected chi connectivity index (χ3v) is 1.55. The molecule has 4 nitrogen and oxygen atoms in total. The minimum Gasteiger partial charge on any atom is -0.679 e. The quantitative estimate of drug-likeness (QED) is 0.554. The zero-order valence-corrected chi connectivity index (χ0v) is 10.5. The smallest absolute Gasteiger partial charge is 0 e. The molecule has 0 amide bonds. The summed E-state index contributed by atoms with van der Waals surface area (Å²) in [6.45, 7) is 7.56. The van der Waals surface area contributed by atoms with Gasteiger partial charge in [0.2, 0.25) is 0 Å². The van der Waals surface area contributed by atoms with Gasteiger partial charge in [0.25, 0.3) is 0 Å². The molecule has 2 N–H and O–H groups in total. The molecule has 0 aromatic carbocycles. The fourth-order valence-corrected chi connectivity index (χ4v) is 0.744. The standard InChI is InChI=1S/C7H14NO.C2H6N2.Pd/c1-3-8(4-2)6-5-7-9;3-1-2-4;/h3-6H2,1-2H3;3-4H,1-2H2;/q-1;-2;. The monoisotopic (exact) mass is 292 g/mol. The van der Waals surface area contributed by atoms with Crippen molar-refractivity contribution in [2.45, 2.75) is 20.3 Å². The first-order chi connectivity index (χ1) is 6.26. The molecule has 0 aliphatic carbocycles. The summed E-state index contributed by atoms with van der Waals surface area (Å²) in [5, 5.41) is 0. The second-order valence-corrected chi connectivity index (χ2v) is 2.42. The maximum absolute atomic E-state index is 9.79. The number of hydrogen-bond donors (Lipinski definition) is 0. The second-order valence-electron chi connectivity index (χ2n) is 2.42. The predicted octanol–water partition coefficient (Wildman–Crippen LogP) is 1.92. The van der Waals surface area contributed by atoms with Gasteiger partial charge in [-0.25, -0.2) is 0 Å². The Morgan fingerprint density at radius 2 is 1.57 bits per heavy atom. The minimum absolute atomic E-state index is 0. The second kappa shape index (κ2) is 18.9. The van der Waals surface area contributed by atoms with Crippen molar-refractivity contribution in [1.29, 1.82) is 0 Å². The predicted molar refractivity (Wildman–Crippen MR) is 56.5 cm³/mol. The van der Waals surface area contributed by atoms with Gasteiger partial charge in [0, 0.05) is 20.4 Å². The van der Waals surface area contributed by atoms with Crippen molar-refractivity contribution in [3.8, 4) is 0 Å². The van der Waals surface area contributed by atoms with E-state index >= 15 is 0 Å². The van der Waals surface area contributed by atoms with Gasteiger partial charge in [0.15, 0.2) is 0 Å². The van der Waals surface area contributed by atoms with Crippen molar-refractivity contribution in [1.82, 2.24) is 4.90 Å². The molecule has 0 aromatic rings. The van der Waals surface area contributed by atoms with Gasteiger partial charge in [-0.3, -0.25) is 6.29 Å². The average Bonchev–Trinajstić information content (AvgIpc) is 2.20. The molecule has 0 spiro atoms. The zero-order chi connectivity index (χ0) is 10.5. The Labute approximate surface area is 101 Å². The van der Waals surface area contributed by atoms with Gasteiger partial charge in [0.05, 0.1) is 0 Å². The molecule has 0 atom stereocenters. The largest absolute Gasteiger partial charge is 0.679 e. The van der Waals surface area contributed by atoms with Crippen LogP contribution in [0.15, 0.2) is 0 Å². The maximum Gasteiger partial charge on any atom is 0 e. The molecule has 0 fully saturated rings. The minimum atomic E-state index is 0. The van der Waals surface area contributed by atoms with E-state index in [1.165, 1.54) is 0 Å². The van der Waals surface area contributed by atoms with Crippen LogP contribution in [0.25, 0.3) is 11.5 Å². The number of hydrogen-bond acceptors (Lipinski definition) is 2. The zero-order valence-electron chi connectivity index (χ0n) is 8.91. The van der Waals surface area contributed by atoms with E-state index in [2.05, 4.69) is 18.7 Å². The van der Waals surface area contributed by atoms with Crippen LogP contribution in [0.2, 0.25) is 0 Å². The summed E-state index contributed by atoms with van der Waals surface area (Å²) in [5.74, 6) is 0. The normalized spacial score (nSPS) is 8.64. The first-order valence-corrected chi connectivity index (χ1v) is 4.63. The Hall–Kier alpha value is 0.212. The van der Waals surface area contributed by atoms with Crippen LogP contribution < -0.4 is 0 Å². The van der Waals surface area contributed by atoms with Crippen molar-refractivity contribution >= 4 is 6.29 Å². The summed E-state index contributed by atoms with van der Waals surface area (Å²) >= 11 is 0. The van der Waals surface area contributed by atoms with Gasteiger partial charge in [-0.2, -0.15) is 13.1 Å². The van der Waals surface area contributed by atoms with Crippen molar-refractivity contribution in [2.75, 3.05) is 32.7 Å². The van der Waals surface area contributed by atoms with Crippen molar-refractivity contribution in [3.63, 3.8) is 0 Å². The molecule has 14 heavy (non-hydrogen) atoms. The topological polar surface area (TPSA) is 67.9 Å². The van der Waals surface area contributed by atoms with Gasteiger partial charge in [-0.15, -0.1) is 6.42 Å². The third-order valence-electron chi connectivity index (χ3n) is 1.55. The van der Waals surface area contributed by atoms with E-state index < -0.39 is 0 Å². The van der Waals surface area contributed by atoms with Gasteiger partial charge in [-0.1, -0.05) is 13.8 Å². The van der Waals surface area contributed by atoms with Crippen molar-refractivity contribution in [3.05, 3.63) is 11.5 Å². The van der Waals surface area contributed by atoms with E-state index in [0.29, 0.717) is 6.42 Å². The summed E-state index contributed by atoms with van der Waals surface area (Å²) in [6.07, 6.45) is 2.42. The molecule has 0 aliphatic rings. The molecule has 0 radical (unpaired) electrons. The molecule has 0 saturated carbocycles. The van der Waals surface area contributed by atoms with Crippen LogP contribution >= 0.6 is 0 Å². The molecule has 0 aromatic heterocycles. The molecule has 0 aliphatic heterocycles. The molecule has 0 heterocycles. The van der Waals surface area contributed by atoms with Crippen molar-refractivity contribution in [2.24, 2.45) is 0 Å². The Morgan fingerprint density at radius 1 is 1.14 bits per heavy atom. The van der Waals surface area contributed by atoms with Crippen LogP contribution in [0, 0.1) is 0 Å². The number of rotatable bonds is 6. The fourth-order valence-electron chi connectivity index (χ4n) is 0.744. The Bertz CT molecular complexity index is 98.1. The molecule has 90 valence electrons. The van der Waals surface area contributed by atoms with E-state index in [9.17, 15) is 4.79 Å². The summed E-state index contributed by atoms with van der Waals surface area (Å²) in [4.78, 5) is 12.0. The van der Waals surface area contributed by atoms with Gasteiger partial charge < -0.3 is 21.2 Å². The SMILES string of the molecule is CCN(CC)CC[C-]=O.[NH-]CC[NH-].[Pd]. The number of nitrogens with zero attached hydrogens (tertiary/aromatic N) is 1. The molecule has 0 rings (SSSR count).